The van der Waals surface area contributed by atoms with Gasteiger partial charge in [-0.05, 0) is 25.0 Å². The van der Waals surface area contributed by atoms with Crippen molar-refractivity contribution in [2.24, 2.45) is 5.92 Å². The van der Waals surface area contributed by atoms with Crippen LogP contribution in [0, 0.1) is 5.92 Å². The van der Waals surface area contributed by atoms with E-state index in [9.17, 15) is 36.2 Å². The fraction of sp³-hybridized carbons (Fsp3) is 0.400. The Labute approximate surface area is 132 Å². The molecule has 0 saturated carbocycles. The highest BCUT2D eigenvalue weighted by molar-refractivity contribution is 5.90. The summed E-state index contributed by atoms with van der Waals surface area (Å²) >= 11 is 0. The number of ether oxygens (including phenoxy) is 1. The van der Waals surface area contributed by atoms with Gasteiger partial charge in [0, 0.05) is 17.1 Å². The van der Waals surface area contributed by atoms with Crippen molar-refractivity contribution in [1.82, 2.24) is 0 Å². The summed E-state index contributed by atoms with van der Waals surface area (Å²) in [4.78, 5) is 11.2. The summed E-state index contributed by atoms with van der Waals surface area (Å²) < 4.78 is 81.8. The zero-order valence-electron chi connectivity index (χ0n) is 12.1. The molecule has 0 unspecified atom stereocenters. The van der Waals surface area contributed by atoms with Crippen molar-refractivity contribution >= 4 is 5.97 Å². The number of hydrogen-bond donors (Lipinski definition) is 1. The maximum atomic E-state index is 13.1. The maximum Gasteiger partial charge on any atom is 0.416 e. The van der Waals surface area contributed by atoms with Crippen molar-refractivity contribution in [2.75, 3.05) is 6.61 Å². The molecule has 0 aliphatic carbocycles. The van der Waals surface area contributed by atoms with Crippen LogP contribution in [0.3, 0.4) is 0 Å². The number of phenols is 1. The minimum atomic E-state index is -5.06. The summed E-state index contributed by atoms with van der Waals surface area (Å²) in [5.74, 6) is -2.29. The van der Waals surface area contributed by atoms with E-state index in [0.717, 1.165) is 0 Å². The van der Waals surface area contributed by atoms with E-state index in [0.29, 0.717) is 0 Å². The van der Waals surface area contributed by atoms with Crippen LogP contribution in [0.25, 0.3) is 0 Å². The van der Waals surface area contributed by atoms with E-state index < -0.39 is 46.7 Å². The highest BCUT2D eigenvalue weighted by Gasteiger charge is 2.40. The van der Waals surface area contributed by atoms with Crippen molar-refractivity contribution in [3.8, 4) is 5.75 Å². The minimum Gasteiger partial charge on any atom is -0.508 e. The molecule has 0 aromatic heterocycles. The Balaban J connectivity index is 2.35. The lowest BCUT2D eigenvalue weighted by molar-refractivity contribution is -0.143. The average Bonchev–Trinajstić information content (AvgIpc) is 2.75. The summed E-state index contributed by atoms with van der Waals surface area (Å²) in [7, 11) is 0. The van der Waals surface area contributed by atoms with Gasteiger partial charge in [-0.3, -0.25) is 0 Å². The first-order valence-corrected chi connectivity index (χ1v) is 6.77. The van der Waals surface area contributed by atoms with Gasteiger partial charge in [0.25, 0.3) is 0 Å². The number of phenolic OH excluding ortho intramolecular Hbond substituents is 1. The molecule has 1 heterocycles. The third kappa shape index (κ3) is 3.65. The van der Waals surface area contributed by atoms with Gasteiger partial charge in [-0.1, -0.05) is 6.58 Å². The number of carbonyl (C=O) groups excluding carboxylic acids is 1. The lowest BCUT2D eigenvalue weighted by Crippen LogP contribution is -2.15. The van der Waals surface area contributed by atoms with Gasteiger partial charge < -0.3 is 9.84 Å². The van der Waals surface area contributed by atoms with Crippen LogP contribution >= 0.6 is 0 Å². The van der Waals surface area contributed by atoms with Crippen LogP contribution in [0.5, 0.6) is 5.75 Å². The van der Waals surface area contributed by atoms with E-state index in [4.69, 9.17) is 0 Å². The highest BCUT2D eigenvalue weighted by Crippen LogP contribution is 2.42. The first-order valence-electron chi connectivity index (χ1n) is 6.77. The van der Waals surface area contributed by atoms with Crippen molar-refractivity contribution in [3.05, 3.63) is 41.0 Å². The molecule has 2 rings (SSSR count). The largest absolute Gasteiger partial charge is 0.508 e. The maximum absolute atomic E-state index is 13.1. The van der Waals surface area contributed by atoms with E-state index in [1.807, 2.05) is 0 Å². The molecular weight excluding hydrogens is 342 g/mol. The molecule has 1 aromatic rings. The summed E-state index contributed by atoms with van der Waals surface area (Å²) in [6.07, 6.45) is -10.5. The second kappa shape index (κ2) is 6.03. The summed E-state index contributed by atoms with van der Waals surface area (Å²) in [5.41, 5.74) is -3.69. The molecule has 9 heteroatoms. The second-order valence-electron chi connectivity index (χ2n) is 5.38. The Kier molecular flexibility index (Phi) is 4.56. The van der Waals surface area contributed by atoms with Crippen LogP contribution in [0.4, 0.5) is 26.3 Å². The first-order chi connectivity index (χ1) is 10.9. The number of cyclic esters (lactones) is 1. The summed E-state index contributed by atoms with van der Waals surface area (Å²) in [6, 6.07) is 0.232. The monoisotopic (exact) mass is 354 g/mol. The normalized spacial score (nSPS) is 18.8. The van der Waals surface area contributed by atoms with Crippen molar-refractivity contribution in [3.63, 3.8) is 0 Å². The van der Waals surface area contributed by atoms with Gasteiger partial charge in [0.2, 0.25) is 0 Å². The van der Waals surface area contributed by atoms with Crippen LogP contribution in [0.15, 0.2) is 24.3 Å². The first kappa shape index (κ1) is 18.2. The number of hydrogen-bond acceptors (Lipinski definition) is 3. The Morgan fingerprint density at radius 1 is 1.17 bits per heavy atom. The van der Waals surface area contributed by atoms with E-state index in [1.165, 1.54) is 0 Å². The predicted molar refractivity (Wildman–Crippen MR) is 70.0 cm³/mol. The molecule has 1 aliphatic rings. The molecule has 1 atom stereocenters. The minimum absolute atomic E-state index is 0.0213. The molecule has 0 amide bonds. The van der Waals surface area contributed by atoms with Gasteiger partial charge >= 0.3 is 18.3 Å². The van der Waals surface area contributed by atoms with Gasteiger partial charge in [0.05, 0.1) is 17.7 Å². The number of benzene rings is 1. The number of esters is 1. The lowest BCUT2D eigenvalue weighted by atomic mass is 9.92. The third-order valence-electron chi connectivity index (χ3n) is 3.77. The number of carbonyl (C=O) groups is 1. The SMILES string of the molecule is C=C1C(=O)OC[C@H]1CCc1c(O)cc(C(F)(F)F)cc1C(F)(F)F. The fourth-order valence-electron chi connectivity index (χ4n) is 2.45. The molecule has 0 radical (unpaired) electrons. The van der Waals surface area contributed by atoms with E-state index in [1.54, 1.807) is 0 Å². The molecule has 24 heavy (non-hydrogen) atoms. The molecule has 1 fully saturated rings. The quantitative estimate of drug-likeness (QED) is 0.505. The number of rotatable bonds is 3. The highest BCUT2D eigenvalue weighted by atomic mass is 19.4. The molecule has 0 spiro atoms. The number of halogens is 6. The average molecular weight is 354 g/mol. The molecule has 1 N–H and O–H groups in total. The van der Waals surface area contributed by atoms with Crippen molar-refractivity contribution in [1.29, 1.82) is 0 Å². The van der Waals surface area contributed by atoms with Crippen LogP contribution in [0.2, 0.25) is 0 Å². The van der Waals surface area contributed by atoms with E-state index in [2.05, 4.69) is 11.3 Å². The third-order valence-corrected chi connectivity index (χ3v) is 3.77. The standard InChI is InChI=1S/C15H12F6O3/c1-7-8(6-24-13(7)23)2-3-10-11(15(19,20)21)4-9(5-12(10)22)14(16,17)18/h4-5,8,22H,1-3,6H2/t8-/m1/s1. The fourth-order valence-corrected chi connectivity index (χ4v) is 2.45. The lowest BCUT2D eigenvalue weighted by Gasteiger charge is -2.18. The smallest absolute Gasteiger partial charge is 0.416 e. The number of alkyl halides is 6. The van der Waals surface area contributed by atoms with E-state index in [-0.39, 0.29) is 37.2 Å². The molecule has 3 nitrogen and oxygen atoms in total. The zero-order valence-corrected chi connectivity index (χ0v) is 12.1. The Morgan fingerprint density at radius 2 is 1.79 bits per heavy atom. The van der Waals surface area contributed by atoms with Crippen LogP contribution in [0.1, 0.15) is 23.1 Å². The van der Waals surface area contributed by atoms with Gasteiger partial charge in [-0.25, -0.2) is 4.79 Å². The molecule has 132 valence electrons. The topological polar surface area (TPSA) is 46.5 Å². The zero-order chi connectivity index (χ0) is 18.3. The van der Waals surface area contributed by atoms with Crippen LogP contribution in [-0.2, 0) is 28.3 Å². The van der Waals surface area contributed by atoms with Gasteiger partial charge in [0.1, 0.15) is 5.75 Å². The Bertz CT molecular complexity index is 675. The molecule has 1 saturated heterocycles. The van der Waals surface area contributed by atoms with Gasteiger partial charge in [0.15, 0.2) is 0 Å². The van der Waals surface area contributed by atoms with Crippen LogP contribution in [-0.4, -0.2) is 17.7 Å². The molecule has 0 bridgehead atoms. The van der Waals surface area contributed by atoms with Crippen LogP contribution < -0.4 is 0 Å². The van der Waals surface area contributed by atoms with E-state index >= 15 is 0 Å². The predicted octanol–water partition coefficient (Wildman–Crippen LogP) is 4.09. The van der Waals surface area contributed by atoms with Gasteiger partial charge in [-0.15, -0.1) is 0 Å². The summed E-state index contributed by atoms with van der Waals surface area (Å²) in [6.45, 7) is 3.41. The molecule has 1 aliphatic heterocycles. The second-order valence-corrected chi connectivity index (χ2v) is 5.38. The Morgan fingerprint density at radius 3 is 2.25 bits per heavy atom. The summed E-state index contributed by atoms with van der Waals surface area (Å²) in [5, 5.41) is 9.67. The van der Waals surface area contributed by atoms with Crippen molar-refractivity contribution < 1.29 is 41.0 Å². The Hall–Kier alpha value is -2.19. The molecular formula is C15H12F6O3. The van der Waals surface area contributed by atoms with Crippen molar-refractivity contribution in [2.45, 2.75) is 25.2 Å². The van der Waals surface area contributed by atoms with Gasteiger partial charge in [-0.2, -0.15) is 26.3 Å². The number of aromatic hydroxyl groups is 1. The molecule has 1 aromatic carbocycles.